The number of pyridine rings is 1. The maximum absolute atomic E-state index is 13.6. The first-order valence-electron chi connectivity index (χ1n) is 5.75. The van der Waals surface area contributed by atoms with Gasteiger partial charge in [-0.1, -0.05) is 23.7 Å². The van der Waals surface area contributed by atoms with E-state index in [2.05, 4.69) is 4.98 Å². The summed E-state index contributed by atoms with van der Waals surface area (Å²) in [5.74, 6) is -4.22. The third-order valence-corrected chi connectivity index (χ3v) is 3.07. The van der Waals surface area contributed by atoms with E-state index in [-0.39, 0.29) is 12.1 Å². The molecule has 1 unspecified atom stereocenters. The van der Waals surface area contributed by atoms with Crippen molar-refractivity contribution in [2.75, 3.05) is 0 Å². The second-order valence-corrected chi connectivity index (χ2v) is 4.68. The van der Waals surface area contributed by atoms with Crippen molar-refractivity contribution < 1.29 is 18.7 Å². The summed E-state index contributed by atoms with van der Waals surface area (Å²) in [6.07, 6.45) is 0.846. The van der Waals surface area contributed by atoms with Crippen LogP contribution in [-0.4, -0.2) is 16.1 Å². The van der Waals surface area contributed by atoms with Crippen LogP contribution in [0.15, 0.2) is 36.5 Å². The molecular formula is C14H10ClF2NO2. The Morgan fingerprint density at radius 1 is 1.30 bits per heavy atom. The van der Waals surface area contributed by atoms with Crippen LogP contribution in [0.4, 0.5) is 8.78 Å². The molecule has 1 N–H and O–H groups in total. The number of aliphatic carboxylic acids is 1. The normalized spacial score (nSPS) is 12.2. The molecule has 1 atom stereocenters. The summed E-state index contributed by atoms with van der Waals surface area (Å²) < 4.78 is 26.5. The van der Waals surface area contributed by atoms with Gasteiger partial charge >= 0.3 is 5.97 Å². The maximum Gasteiger partial charge on any atom is 0.313 e. The second kappa shape index (κ2) is 5.96. The largest absolute Gasteiger partial charge is 0.481 e. The molecule has 0 saturated heterocycles. The molecular weight excluding hydrogens is 288 g/mol. The van der Waals surface area contributed by atoms with Crippen molar-refractivity contribution in [3.8, 4) is 0 Å². The van der Waals surface area contributed by atoms with Gasteiger partial charge in [0.05, 0.1) is 11.9 Å². The lowest BCUT2D eigenvalue weighted by Gasteiger charge is -2.12. The highest BCUT2D eigenvalue weighted by Crippen LogP contribution is 2.23. The molecule has 1 aromatic heterocycles. The topological polar surface area (TPSA) is 50.2 Å². The minimum atomic E-state index is -1.22. The fraction of sp³-hybridized carbons (Fsp3) is 0.143. The molecule has 2 rings (SSSR count). The highest BCUT2D eigenvalue weighted by Gasteiger charge is 2.25. The van der Waals surface area contributed by atoms with Crippen molar-refractivity contribution in [2.24, 2.45) is 0 Å². The molecule has 104 valence electrons. The van der Waals surface area contributed by atoms with Crippen molar-refractivity contribution in [1.29, 1.82) is 0 Å². The van der Waals surface area contributed by atoms with Crippen LogP contribution < -0.4 is 0 Å². The molecule has 0 aliphatic heterocycles. The Labute approximate surface area is 118 Å². The van der Waals surface area contributed by atoms with Crippen LogP contribution in [0.5, 0.6) is 0 Å². The van der Waals surface area contributed by atoms with E-state index in [9.17, 15) is 18.7 Å². The molecule has 6 heteroatoms. The molecule has 0 radical (unpaired) electrons. The van der Waals surface area contributed by atoms with E-state index in [1.807, 2.05) is 0 Å². The Bertz CT molecular complexity index is 632. The van der Waals surface area contributed by atoms with Crippen molar-refractivity contribution in [2.45, 2.75) is 12.3 Å². The van der Waals surface area contributed by atoms with Gasteiger partial charge in [-0.3, -0.25) is 9.78 Å². The second-order valence-electron chi connectivity index (χ2n) is 4.24. The van der Waals surface area contributed by atoms with Gasteiger partial charge in [0.15, 0.2) is 0 Å². The van der Waals surface area contributed by atoms with Gasteiger partial charge in [-0.25, -0.2) is 8.78 Å². The standard InChI is InChI=1S/C14H10ClF2NO2/c15-9-3-1-8(2-4-9)5-11(14(19)20)13-12(17)6-10(16)7-18-13/h1-4,6-7,11H,5H2,(H,19,20). The predicted octanol–water partition coefficient (Wildman–Crippen LogP) is 3.42. The lowest BCUT2D eigenvalue weighted by molar-refractivity contribution is -0.138. The summed E-state index contributed by atoms with van der Waals surface area (Å²) in [4.78, 5) is 14.8. The molecule has 0 spiro atoms. The van der Waals surface area contributed by atoms with Crippen LogP contribution in [0.2, 0.25) is 5.02 Å². The van der Waals surface area contributed by atoms with Crippen molar-refractivity contribution in [1.82, 2.24) is 4.98 Å². The number of carboxylic acid groups (broad SMARTS) is 1. The summed E-state index contributed by atoms with van der Waals surface area (Å²) in [6, 6.07) is 7.16. The molecule has 0 aliphatic carbocycles. The summed E-state index contributed by atoms with van der Waals surface area (Å²) in [7, 11) is 0. The first-order valence-corrected chi connectivity index (χ1v) is 6.13. The minimum Gasteiger partial charge on any atom is -0.481 e. The number of nitrogens with zero attached hydrogens (tertiary/aromatic N) is 1. The smallest absolute Gasteiger partial charge is 0.313 e. The van der Waals surface area contributed by atoms with Crippen molar-refractivity contribution in [3.63, 3.8) is 0 Å². The van der Waals surface area contributed by atoms with E-state index in [0.29, 0.717) is 16.7 Å². The van der Waals surface area contributed by atoms with E-state index in [4.69, 9.17) is 11.6 Å². The zero-order chi connectivity index (χ0) is 14.7. The van der Waals surface area contributed by atoms with Crippen molar-refractivity contribution >= 4 is 17.6 Å². The van der Waals surface area contributed by atoms with Crippen LogP contribution in [0.3, 0.4) is 0 Å². The molecule has 3 nitrogen and oxygen atoms in total. The molecule has 0 aliphatic rings. The number of hydrogen-bond acceptors (Lipinski definition) is 2. The van der Waals surface area contributed by atoms with Gasteiger partial charge in [0.1, 0.15) is 17.6 Å². The molecule has 0 fully saturated rings. The fourth-order valence-corrected chi connectivity index (χ4v) is 1.96. The third-order valence-electron chi connectivity index (χ3n) is 2.82. The van der Waals surface area contributed by atoms with Gasteiger partial charge in [0.25, 0.3) is 0 Å². The number of rotatable bonds is 4. The third kappa shape index (κ3) is 3.30. The molecule has 0 amide bonds. The van der Waals surface area contributed by atoms with Gasteiger partial charge in [-0.15, -0.1) is 0 Å². The summed E-state index contributed by atoms with van der Waals surface area (Å²) in [5.41, 5.74) is 0.390. The predicted molar refractivity (Wildman–Crippen MR) is 69.7 cm³/mol. The van der Waals surface area contributed by atoms with Crippen LogP contribution in [0.25, 0.3) is 0 Å². The quantitative estimate of drug-likeness (QED) is 0.940. The lowest BCUT2D eigenvalue weighted by Crippen LogP contribution is -2.17. The SMILES string of the molecule is O=C(O)C(Cc1ccc(Cl)cc1)c1ncc(F)cc1F. The Kier molecular flexibility index (Phi) is 4.29. The van der Waals surface area contributed by atoms with Gasteiger partial charge in [-0.05, 0) is 24.1 Å². The Morgan fingerprint density at radius 3 is 2.50 bits per heavy atom. The van der Waals surface area contributed by atoms with Crippen LogP contribution in [0.1, 0.15) is 17.2 Å². The lowest BCUT2D eigenvalue weighted by atomic mass is 9.95. The minimum absolute atomic E-state index is 0.0437. The number of carboxylic acids is 1. The molecule has 1 heterocycles. The van der Waals surface area contributed by atoms with Gasteiger partial charge in [0, 0.05) is 11.1 Å². The highest BCUT2D eigenvalue weighted by atomic mass is 35.5. The van der Waals surface area contributed by atoms with Crippen LogP contribution in [0, 0.1) is 11.6 Å². The molecule has 1 aromatic carbocycles. The maximum atomic E-state index is 13.6. The van der Waals surface area contributed by atoms with Crippen molar-refractivity contribution in [3.05, 3.63) is 64.4 Å². The van der Waals surface area contributed by atoms with E-state index in [1.54, 1.807) is 24.3 Å². The zero-order valence-electron chi connectivity index (χ0n) is 10.2. The van der Waals surface area contributed by atoms with Crippen LogP contribution >= 0.6 is 11.6 Å². The molecule has 2 aromatic rings. The monoisotopic (exact) mass is 297 g/mol. The average molecular weight is 298 g/mol. The Morgan fingerprint density at radius 2 is 1.95 bits per heavy atom. The van der Waals surface area contributed by atoms with E-state index in [1.165, 1.54) is 0 Å². The summed E-state index contributed by atoms with van der Waals surface area (Å²) in [6.45, 7) is 0. The number of benzene rings is 1. The molecule has 0 bridgehead atoms. The highest BCUT2D eigenvalue weighted by molar-refractivity contribution is 6.30. The van der Waals surface area contributed by atoms with E-state index < -0.39 is 23.5 Å². The molecule has 0 saturated carbocycles. The number of hydrogen-bond donors (Lipinski definition) is 1. The van der Waals surface area contributed by atoms with Gasteiger partial charge in [0.2, 0.25) is 0 Å². The number of aromatic nitrogens is 1. The van der Waals surface area contributed by atoms with E-state index >= 15 is 0 Å². The first kappa shape index (κ1) is 14.4. The van der Waals surface area contributed by atoms with Gasteiger partial charge in [-0.2, -0.15) is 0 Å². The molecule has 20 heavy (non-hydrogen) atoms. The Hall–Kier alpha value is -2.01. The fourth-order valence-electron chi connectivity index (χ4n) is 1.84. The average Bonchev–Trinajstić information content (AvgIpc) is 2.39. The number of halogens is 3. The van der Waals surface area contributed by atoms with Gasteiger partial charge < -0.3 is 5.11 Å². The van der Waals surface area contributed by atoms with E-state index in [0.717, 1.165) is 6.20 Å². The number of carbonyl (C=O) groups is 1. The van der Waals surface area contributed by atoms with Crippen LogP contribution in [-0.2, 0) is 11.2 Å². The Balaban J connectivity index is 2.31. The first-order chi connectivity index (χ1) is 9.47. The zero-order valence-corrected chi connectivity index (χ0v) is 10.9. The summed E-state index contributed by atoms with van der Waals surface area (Å²) in [5, 5.41) is 9.73. The summed E-state index contributed by atoms with van der Waals surface area (Å²) >= 11 is 5.74.